The van der Waals surface area contributed by atoms with Crippen LogP contribution in [0.15, 0.2) is 29.1 Å². The van der Waals surface area contributed by atoms with Gasteiger partial charge in [0, 0.05) is 28.6 Å². The Balaban J connectivity index is 1.40. The topological polar surface area (TPSA) is 104 Å². The Labute approximate surface area is 199 Å². The molecule has 0 spiro atoms. The largest absolute Gasteiger partial charge is 0.355 e. The second-order valence-corrected chi connectivity index (χ2v) is 10.3. The van der Waals surface area contributed by atoms with Crippen molar-refractivity contribution in [3.8, 4) is 0 Å². The molecule has 1 aromatic carbocycles. The molecule has 0 aliphatic heterocycles. The number of hydrogen-bond acceptors (Lipinski definition) is 6. The third-order valence-corrected chi connectivity index (χ3v) is 7.44. The molecule has 2 aromatic heterocycles. The predicted octanol–water partition coefficient (Wildman–Crippen LogP) is 4.41. The first kappa shape index (κ1) is 24.3. The Bertz CT molecular complexity index is 1170. The van der Waals surface area contributed by atoms with Crippen molar-refractivity contribution in [1.82, 2.24) is 15.3 Å². The fraction of sp³-hybridized carbons (Fsp3) is 0.364. The molecule has 3 aromatic rings. The van der Waals surface area contributed by atoms with Crippen LogP contribution in [0.2, 0.25) is 5.02 Å². The summed E-state index contributed by atoms with van der Waals surface area (Å²) in [5, 5.41) is 6.58. The molecule has 170 valence electrons. The second-order valence-electron chi connectivity index (χ2n) is 7.38. The van der Waals surface area contributed by atoms with E-state index in [1.165, 1.54) is 23.1 Å². The number of H-pyrrole nitrogens is 1. The van der Waals surface area contributed by atoms with Crippen molar-refractivity contribution in [2.24, 2.45) is 0 Å². The van der Waals surface area contributed by atoms with Crippen LogP contribution in [0.3, 0.4) is 0 Å². The summed E-state index contributed by atoms with van der Waals surface area (Å²) in [6.45, 7) is 6.12. The number of fused-ring (bicyclic) bond motifs is 1. The number of nitrogens with one attached hydrogen (secondary N) is 3. The molecule has 3 rings (SSSR count). The van der Waals surface area contributed by atoms with Gasteiger partial charge in [-0.05, 0) is 57.0 Å². The van der Waals surface area contributed by atoms with Gasteiger partial charge < -0.3 is 15.6 Å². The number of thiophene rings is 1. The highest BCUT2D eigenvalue weighted by Gasteiger charge is 2.16. The number of aromatic nitrogens is 2. The highest BCUT2D eigenvalue weighted by atomic mass is 35.5. The molecule has 0 bridgehead atoms. The fourth-order valence-corrected chi connectivity index (χ4v) is 4.96. The van der Waals surface area contributed by atoms with Crippen molar-refractivity contribution in [2.75, 3.05) is 11.9 Å². The first-order valence-electron chi connectivity index (χ1n) is 10.2. The maximum absolute atomic E-state index is 12.4. The summed E-state index contributed by atoms with van der Waals surface area (Å²) < 4.78 is 0. The van der Waals surface area contributed by atoms with E-state index in [0.29, 0.717) is 47.1 Å². The van der Waals surface area contributed by atoms with E-state index in [9.17, 15) is 14.4 Å². The lowest BCUT2D eigenvalue weighted by molar-refractivity contribution is -0.120. The predicted molar refractivity (Wildman–Crippen MR) is 133 cm³/mol. The molecule has 0 fully saturated rings. The van der Waals surface area contributed by atoms with Gasteiger partial charge in [0.1, 0.15) is 10.7 Å². The lowest BCUT2D eigenvalue weighted by Crippen LogP contribution is -2.32. The monoisotopic (exact) mass is 492 g/mol. The van der Waals surface area contributed by atoms with Crippen LogP contribution in [0.5, 0.6) is 0 Å². The zero-order chi connectivity index (χ0) is 23.3. The van der Waals surface area contributed by atoms with E-state index >= 15 is 0 Å². The number of anilines is 1. The average Bonchev–Trinajstić information content (AvgIpc) is 3.04. The van der Waals surface area contributed by atoms with Crippen molar-refractivity contribution in [3.05, 3.63) is 55.9 Å². The number of halogens is 1. The van der Waals surface area contributed by atoms with Gasteiger partial charge in [0.05, 0.1) is 16.4 Å². The quantitative estimate of drug-likeness (QED) is 0.384. The number of aromatic amines is 1. The minimum absolute atomic E-state index is 0.112. The van der Waals surface area contributed by atoms with Crippen LogP contribution in [0.25, 0.3) is 10.2 Å². The van der Waals surface area contributed by atoms with Crippen LogP contribution in [0.4, 0.5) is 5.69 Å². The number of thioether (sulfide) groups is 1. The number of benzene rings is 1. The molecule has 10 heteroatoms. The van der Waals surface area contributed by atoms with Crippen molar-refractivity contribution >= 4 is 62.4 Å². The van der Waals surface area contributed by atoms with Crippen LogP contribution in [-0.2, 0) is 15.3 Å². The number of nitrogens with zero attached hydrogens (tertiary/aromatic N) is 1. The summed E-state index contributed by atoms with van der Waals surface area (Å²) in [7, 11) is 0. The molecule has 0 aliphatic carbocycles. The molecule has 1 unspecified atom stereocenters. The maximum Gasteiger partial charge on any atom is 0.259 e. The van der Waals surface area contributed by atoms with Gasteiger partial charge in [-0.3, -0.25) is 14.4 Å². The highest BCUT2D eigenvalue weighted by molar-refractivity contribution is 7.99. The smallest absolute Gasteiger partial charge is 0.259 e. The molecular weight excluding hydrogens is 468 g/mol. The van der Waals surface area contributed by atoms with Crippen molar-refractivity contribution in [3.63, 3.8) is 0 Å². The Kier molecular flexibility index (Phi) is 8.33. The summed E-state index contributed by atoms with van der Waals surface area (Å²) in [6.07, 6.45) is 0.834. The van der Waals surface area contributed by atoms with Gasteiger partial charge in [0.25, 0.3) is 5.56 Å². The van der Waals surface area contributed by atoms with Gasteiger partial charge in [0.15, 0.2) is 0 Å². The number of carbonyl (C=O) groups is 2. The lowest BCUT2D eigenvalue weighted by atomic mass is 10.2. The second kappa shape index (κ2) is 11.0. The SMILES string of the molecule is Cc1sc2nc(CSC(C)C(=O)NCCCC(=O)Nc3ccc(Cl)cc3)[nH]c(=O)c2c1C. The fourth-order valence-electron chi connectivity index (χ4n) is 3.01. The summed E-state index contributed by atoms with van der Waals surface area (Å²) in [6, 6.07) is 6.90. The number of carbonyl (C=O) groups excluding carboxylic acids is 2. The van der Waals surface area contributed by atoms with Crippen LogP contribution in [0, 0.1) is 13.8 Å². The molecule has 7 nitrogen and oxygen atoms in total. The van der Waals surface area contributed by atoms with E-state index in [4.69, 9.17) is 11.6 Å². The Morgan fingerprint density at radius 3 is 2.69 bits per heavy atom. The number of rotatable bonds is 9. The van der Waals surface area contributed by atoms with Crippen LogP contribution in [0.1, 0.15) is 36.0 Å². The van der Waals surface area contributed by atoms with Crippen LogP contribution < -0.4 is 16.2 Å². The Morgan fingerprint density at radius 2 is 1.97 bits per heavy atom. The molecular formula is C22H25ClN4O3S2. The summed E-state index contributed by atoms with van der Waals surface area (Å²) in [5.74, 6) is 0.763. The molecule has 2 amide bonds. The van der Waals surface area contributed by atoms with Gasteiger partial charge in [-0.25, -0.2) is 4.98 Å². The standard InChI is InChI=1S/C22H25ClN4O3S2/c1-12-13(2)32-22-19(12)21(30)26-17(27-22)11-31-14(3)20(29)24-10-4-5-18(28)25-16-8-6-15(23)7-9-16/h6-9,14H,4-5,10-11H2,1-3H3,(H,24,29)(H,25,28)(H,26,27,30). The van der Waals surface area contributed by atoms with E-state index in [2.05, 4.69) is 20.6 Å². The third kappa shape index (κ3) is 6.34. The molecule has 32 heavy (non-hydrogen) atoms. The minimum Gasteiger partial charge on any atom is -0.355 e. The van der Waals surface area contributed by atoms with Crippen molar-refractivity contribution in [1.29, 1.82) is 0 Å². The van der Waals surface area contributed by atoms with E-state index in [0.717, 1.165) is 15.3 Å². The van der Waals surface area contributed by atoms with E-state index in [1.54, 1.807) is 24.3 Å². The van der Waals surface area contributed by atoms with Gasteiger partial charge in [-0.1, -0.05) is 11.6 Å². The van der Waals surface area contributed by atoms with Crippen molar-refractivity contribution < 1.29 is 9.59 Å². The lowest BCUT2D eigenvalue weighted by Gasteiger charge is -2.12. The average molecular weight is 493 g/mol. The van der Waals surface area contributed by atoms with E-state index in [-0.39, 0.29) is 22.6 Å². The van der Waals surface area contributed by atoms with Crippen LogP contribution in [-0.4, -0.2) is 33.6 Å². The molecule has 1 atom stereocenters. The number of amides is 2. The highest BCUT2D eigenvalue weighted by Crippen LogP contribution is 2.26. The minimum atomic E-state index is -0.314. The molecule has 0 saturated heterocycles. The first-order valence-corrected chi connectivity index (χ1v) is 12.4. The Hall–Kier alpha value is -2.36. The zero-order valence-electron chi connectivity index (χ0n) is 18.1. The summed E-state index contributed by atoms with van der Waals surface area (Å²) in [4.78, 5) is 45.8. The number of hydrogen-bond donors (Lipinski definition) is 3. The summed E-state index contributed by atoms with van der Waals surface area (Å²) >= 11 is 8.74. The van der Waals surface area contributed by atoms with E-state index in [1.807, 2.05) is 20.8 Å². The molecule has 0 aliphatic rings. The molecule has 0 radical (unpaired) electrons. The first-order chi connectivity index (χ1) is 15.2. The maximum atomic E-state index is 12.4. The van der Waals surface area contributed by atoms with Crippen molar-refractivity contribution in [2.45, 2.75) is 44.6 Å². The normalized spacial score (nSPS) is 12.0. The summed E-state index contributed by atoms with van der Waals surface area (Å²) in [5.41, 5.74) is 1.51. The third-order valence-electron chi connectivity index (χ3n) is 4.94. The van der Waals surface area contributed by atoms with Gasteiger partial charge in [-0.15, -0.1) is 23.1 Å². The molecule has 3 N–H and O–H groups in total. The van der Waals surface area contributed by atoms with Gasteiger partial charge in [-0.2, -0.15) is 0 Å². The van der Waals surface area contributed by atoms with Gasteiger partial charge >= 0.3 is 0 Å². The Morgan fingerprint density at radius 1 is 1.25 bits per heavy atom. The number of aryl methyl sites for hydroxylation is 2. The van der Waals surface area contributed by atoms with E-state index < -0.39 is 0 Å². The van der Waals surface area contributed by atoms with Crippen LogP contribution >= 0.6 is 34.7 Å². The van der Waals surface area contributed by atoms with Gasteiger partial charge in [0.2, 0.25) is 11.8 Å². The zero-order valence-corrected chi connectivity index (χ0v) is 20.5. The molecule has 0 saturated carbocycles. The molecule has 2 heterocycles.